The molecule has 1 aliphatic rings. The summed E-state index contributed by atoms with van der Waals surface area (Å²) < 4.78 is 27.2. The van der Waals surface area contributed by atoms with Gasteiger partial charge in [0.05, 0.1) is 5.75 Å². The zero-order valence-electron chi connectivity index (χ0n) is 13.4. The van der Waals surface area contributed by atoms with Gasteiger partial charge in [-0.05, 0) is 24.3 Å². The molecule has 5 nitrogen and oxygen atoms in total. The second-order valence-electron chi connectivity index (χ2n) is 6.26. The minimum absolute atomic E-state index is 0.00908. The van der Waals surface area contributed by atoms with Crippen LogP contribution in [0.25, 0.3) is 0 Å². The first-order valence-corrected chi connectivity index (χ1v) is 9.69. The number of hydrogen-bond donors (Lipinski definition) is 1. The third-order valence-electron chi connectivity index (χ3n) is 4.51. The fraction of sp³-hybridized carbons (Fsp3) is 0.471. The van der Waals surface area contributed by atoms with E-state index in [1.54, 1.807) is 16.7 Å². The Labute approximate surface area is 137 Å². The van der Waals surface area contributed by atoms with Gasteiger partial charge in [-0.25, -0.2) is 17.7 Å². The number of piperidine rings is 1. The summed E-state index contributed by atoms with van der Waals surface area (Å²) in [6, 6.07) is 9.83. The van der Waals surface area contributed by atoms with Crippen molar-refractivity contribution in [2.45, 2.75) is 31.6 Å². The van der Waals surface area contributed by atoms with Crippen molar-refractivity contribution >= 4 is 10.0 Å². The van der Waals surface area contributed by atoms with E-state index >= 15 is 0 Å². The maximum atomic E-state index is 12.8. The number of sulfonamides is 1. The number of nitrogens with one attached hydrogen (secondary N) is 1. The normalized spacial score (nSPS) is 21.2. The summed E-state index contributed by atoms with van der Waals surface area (Å²) >= 11 is 0. The lowest BCUT2D eigenvalue weighted by molar-refractivity contribution is 0.309. The number of rotatable bonds is 5. The van der Waals surface area contributed by atoms with E-state index in [1.807, 2.05) is 37.3 Å². The van der Waals surface area contributed by atoms with Gasteiger partial charge in [-0.3, -0.25) is 0 Å². The molecule has 1 N–H and O–H groups in total. The molecule has 124 valence electrons. The van der Waals surface area contributed by atoms with Crippen LogP contribution in [0.15, 0.2) is 42.7 Å². The molecule has 0 aliphatic carbocycles. The van der Waals surface area contributed by atoms with E-state index in [0.717, 1.165) is 24.2 Å². The Bertz CT molecular complexity index is 714. The Morgan fingerprint density at radius 3 is 2.83 bits per heavy atom. The number of H-pyrrole nitrogens is 1. The van der Waals surface area contributed by atoms with Crippen LogP contribution < -0.4 is 0 Å². The van der Waals surface area contributed by atoms with Gasteiger partial charge in [0.15, 0.2) is 0 Å². The number of benzene rings is 1. The van der Waals surface area contributed by atoms with E-state index in [4.69, 9.17) is 0 Å². The Morgan fingerprint density at radius 2 is 2.13 bits per heavy atom. The summed E-state index contributed by atoms with van der Waals surface area (Å²) in [6.07, 6.45) is 5.37. The van der Waals surface area contributed by atoms with Crippen LogP contribution in [0.5, 0.6) is 0 Å². The molecule has 1 aromatic heterocycles. The molecule has 1 aliphatic heterocycles. The molecule has 0 unspecified atom stereocenters. The Balaban J connectivity index is 1.69. The van der Waals surface area contributed by atoms with Gasteiger partial charge in [-0.15, -0.1) is 0 Å². The van der Waals surface area contributed by atoms with Crippen LogP contribution in [-0.4, -0.2) is 41.5 Å². The largest absolute Gasteiger partial charge is 0.348 e. The van der Waals surface area contributed by atoms with E-state index in [2.05, 4.69) is 9.97 Å². The highest BCUT2D eigenvalue weighted by Crippen LogP contribution is 2.27. The molecule has 0 saturated carbocycles. The molecule has 0 amide bonds. The second-order valence-corrected chi connectivity index (χ2v) is 8.28. The fourth-order valence-corrected chi connectivity index (χ4v) is 5.07. The number of hydrogen-bond acceptors (Lipinski definition) is 3. The van der Waals surface area contributed by atoms with Crippen molar-refractivity contribution in [2.24, 2.45) is 0 Å². The Morgan fingerprint density at radius 1 is 1.35 bits per heavy atom. The summed E-state index contributed by atoms with van der Waals surface area (Å²) in [7, 11) is -3.26. The summed E-state index contributed by atoms with van der Waals surface area (Å²) in [6.45, 7) is 3.11. The molecule has 2 atom stereocenters. The lowest BCUT2D eigenvalue weighted by atomic mass is 9.99. The van der Waals surface area contributed by atoms with Crippen LogP contribution in [0, 0.1) is 0 Å². The maximum absolute atomic E-state index is 12.8. The predicted molar refractivity (Wildman–Crippen MR) is 90.8 cm³/mol. The van der Waals surface area contributed by atoms with E-state index in [-0.39, 0.29) is 17.6 Å². The maximum Gasteiger partial charge on any atom is 0.214 e. The van der Waals surface area contributed by atoms with Crippen LogP contribution >= 0.6 is 0 Å². The molecule has 6 heteroatoms. The minimum atomic E-state index is -3.26. The van der Waals surface area contributed by atoms with Gasteiger partial charge in [0.25, 0.3) is 0 Å². The molecule has 3 rings (SSSR count). The van der Waals surface area contributed by atoms with Gasteiger partial charge < -0.3 is 4.98 Å². The first kappa shape index (κ1) is 16.2. The SMILES string of the molecule is C[C@@H](CS(=O)(=O)N1CCC[C@@H](c2ncc[nH]2)C1)c1ccccc1. The molecule has 1 aromatic carbocycles. The summed E-state index contributed by atoms with van der Waals surface area (Å²) in [5.74, 6) is 1.20. The van der Waals surface area contributed by atoms with Crippen molar-refractivity contribution in [3.8, 4) is 0 Å². The van der Waals surface area contributed by atoms with Crippen molar-refractivity contribution in [2.75, 3.05) is 18.8 Å². The molecular formula is C17H23N3O2S. The van der Waals surface area contributed by atoms with Gasteiger partial charge in [-0.2, -0.15) is 0 Å². The standard InChI is InChI=1S/C17H23N3O2S/c1-14(15-6-3-2-4-7-15)13-23(21,22)20-11-5-8-16(12-20)17-18-9-10-19-17/h2-4,6-7,9-10,14,16H,5,8,11-13H2,1H3,(H,18,19)/t14-,16+/m0/s1. The lowest BCUT2D eigenvalue weighted by Gasteiger charge is -2.31. The summed E-state index contributed by atoms with van der Waals surface area (Å²) in [5.41, 5.74) is 1.07. The predicted octanol–water partition coefficient (Wildman–Crippen LogP) is 2.72. The number of aromatic amines is 1. The quantitative estimate of drug-likeness (QED) is 0.915. The average molecular weight is 333 g/mol. The van der Waals surface area contributed by atoms with Gasteiger partial charge in [0.2, 0.25) is 10.0 Å². The lowest BCUT2D eigenvalue weighted by Crippen LogP contribution is -2.41. The van der Waals surface area contributed by atoms with Crippen molar-refractivity contribution in [1.82, 2.24) is 14.3 Å². The van der Waals surface area contributed by atoms with E-state index in [9.17, 15) is 8.42 Å². The topological polar surface area (TPSA) is 66.1 Å². The van der Waals surface area contributed by atoms with E-state index in [0.29, 0.717) is 13.1 Å². The first-order chi connectivity index (χ1) is 11.1. The molecule has 0 spiro atoms. The highest BCUT2D eigenvalue weighted by Gasteiger charge is 2.31. The van der Waals surface area contributed by atoms with Gasteiger partial charge in [-0.1, -0.05) is 37.3 Å². The summed E-state index contributed by atoms with van der Waals surface area (Å²) in [5, 5.41) is 0. The van der Waals surface area contributed by atoms with E-state index < -0.39 is 10.0 Å². The van der Waals surface area contributed by atoms with Crippen molar-refractivity contribution < 1.29 is 8.42 Å². The fourth-order valence-electron chi connectivity index (χ4n) is 3.22. The molecule has 1 saturated heterocycles. The van der Waals surface area contributed by atoms with Crippen LogP contribution in [0.2, 0.25) is 0 Å². The zero-order valence-corrected chi connectivity index (χ0v) is 14.2. The second kappa shape index (κ2) is 6.84. The van der Waals surface area contributed by atoms with Crippen molar-refractivity contribution in [3.63, 3.8) is 0 Å². The molecule has 1 fully saturated rings. The van der Waals surface area contributed by atoms with Gasteiger partial charge in [0, 0.05) is 31.4 Å². The van der Waals surface area contributed by atoms with Crippen LogP contribution in [0.4, 0.5) is 0 Å². The molecular weight excluding hydrogens is 310 g/mol. The third-order valence-corrected chi connectivity index (χ3v) is 6.55. The third kappa shape index (κ3) is 3.82. The zero-order chi connectivity index (χ0) is 16.3. The Hall–Kier alpha value is -1.66. The number of nitrogens with zero attached hydrogens (tertiary/aromatic N) is 2. The Kier molecular flexibility index (Phi) is 4.82. The molecule has 2 heterocycles. The molecule has 23 heavy (non-hydrogen) atoms. The van der Waals surface area contributed by atoms with E-state index in [1.165, 1.54) is 0 Å². The van der Waals surface area contributed by atoms with Crippen LogP contribution in [0.1, 0.15) is 43.0 Å². The molecule has 2 aromatic rings. The smallest absolute Gasteiger partial charge is 0.214 e. The van der Waals surface area contributed by atoms with Gasteiger partial charge in [0.1, 0.15) is 5.82 Å². The monoisotopic (exact) mass is 333 g/mol. The highest BCUT2D eigenvalue weighted by atomic mass is 32.2. The molecule has 0 bridgehead atoms. The number of imidazole rings is 1. The first-order valence-electron chi connectivity index (χ1n) is 8.08. The van der Waals surface area contributed by atoms with Gasteiger partial charge >= 0.3 is 0 Å². The van der Waals surface area contributed by atoms with Crippen LogP contribution in [-0.2, 0) is 10.0 Å². The summed E-state index contributed by atoms with van der Waals surface area (Å²) in [4.78, 5) is 7.40. The highest BCUT2D eigenvalue weighted by molar-refractivity contribution is 7.89. The van der Waals surface area contributed by atoms with Crippen molar-refractivity contribution in [3.05, 3.63) is 54.1 Å². The minimum Gasteiger partial charge on any atom is -0.348 e. The average Bonchev–Trinajstić information content (AvgIpc) is 3.10. The number of aromatic nitrogens is 2. The molecule has 0 radical (unpaired) electrons. The van der Waals surface area contributed by atoms with Crippen LogP contribution in [0.3, 0.4) is 0 Å². The van der Waals surface area contributed by atoms with Crippen molar-refractivity contribution in [1.29, 1.82) is 0 Å².